The van der Waals surface area contributed by atoms with Crippen molar-refractivity contribution in [3.63, 3.8) is 0 Å². The van der Waals surface area contributed by atoms with Gasteiger partial charge in [0, 0.05) is 46.5 Å². The third kappa shape index (κ3) is 3.83. The highest BCUT2D eigenvalue weighted by Gasteiger charge is 2.78. The molecule has 3 aliphatic heterocycles. The van der Waals surface area contributed by atoms with E-state index >= 15 is 0 Å². The summed E-state index contributed by atoms with van der Waals surface area (Å²) in [6.45, 7) is 8.49. The largest absolute Gasteiger partial charge is 0.469 e. The van der Waals surface area contributed by atoms with Crippen molar-refractivity contribution in [2.24, 2.45) is 34.0 Å². The van der Waals surface area contributed by atoms with Crippen molar-refractivity contribution in [2.75, 3.05) is 13.7 Å². The van der Waals surface area contributed by atoms with Crippen LogP contribution >= 0.6 is 0 Å². The van der Waals surface area contributed by atoms with Gasteiger partial charge in [-0.05, 0) is 43.0 Å². The Morgan fingerprint density at radius 3 is 2.48 bits per heavy atom. The van der Waals surface area contributed by atoms with Gasteiger partial charge in [-0.25, -0.2) is 9.59 Å². The fourth-order valence-corrected chi connectivity index (χ4v) is 10.3. The van der Waals surface area contributed by atoms with Crippen LogP contribution in [-0.2, 0) is 33.3 Å². The number of fused-ring (bicyclic) bond motifs is 4. The van der Waals surface area contributed by atoms with Gasteiger partial charge in [-0.1, -0.05) is 44.5 Å². The molecule has 3 heterocycles. The number of hydrogen-bond acceptors (Lipinski definition) is 10. The zero-order chi connectivity index (χ0) is 31.3. The lowest BCUT2D eigenvalue weighted by molar-refractivity contribution is -0.242. The summed E-state index contributed by atoms with van der Waals surface area (Å²) in [5.74, 6) is -2.46. The van der Waals surface area contributed by atoms with Gasteiger partial charge in [0.1, 0.15) is 6.10 Å². The first kappa shape index (κ1) is 29.6. The zero-order valence-electron chi connectivity index (χ0n) is 25.6. The number of aliphatic hydroxyl groups is 2. The number of aliphatic hydroxyl groups excluding tert-OH is 2. The minimum absolute atomic E-state index is 0.0375. The summed E-state index contributed by atoms with van der Waals surface area (Å²) < 4.78 is 30.1. The van der Waals surface area contributed by atoms with Crippen molar-refractivity contribution in [3.8, 4) is 0 Å². The molecule has 0 aromatic heterocycles. The lowest BCUT2D eigenvalue weighted by atomic mass is 9.40. The number of esters is 3. The van der Waals surface area contributed by atoms with E-state index in [2.05, 4.69) is 13.8 Å². The van der Waals surface area contributed by atoms with Gasteiger partial charge in [-0.2, -0.15) is 0 Å². The van der Waals surface area contributed by atoms with E-state index in [1.54, 1.807) is 24.3 Å². The Morgan fingerprint density at radius 2 is 1.82 bits per heavy atom. The smallest absolute Gasteiger partial charge is 0.338 e. The molecule has 10 nitrogen and oxygen atoms in total. The van der Waals surface area contributed by atoms with Gasteiger partial charge >= 0.3 is 17.9 Å². The lowest BCUT2D eigenvalue weighted by Crippen LogP contribution is -2.70. The normalized spacial score (nSPS) is 45.3. The molecule has 2 saturated carbocycles. The number of methoxy groups -OCH3 is 1. The third-order valence-corrected chi connectivity index (χ3v) is 12.2. The number of rotatable bonds is 5. The number of hydrogen-bond donors (Lipinski definition) is 2. The first-order chi connectivity index (χ1) is 20.8. The molecule has 0 radical (unpaired) electrons. The van der Waals surface area contributed by atoms with Crippen molar-refractivity contribution < 1.29 is 48.3 Å². The molecule has 6 aliphatic rings. The Morgan fingerprint density at radius 1 is 1.09 bits per heavy atom. The van der Waals surface area contributed by atoms with E-state index in [0.29, 0.717) is 24.2 Å². The molecule has 1 aromatic carbocycles. The number of allylic oxidation sites excluding steroid dienone is 1. The van der Waals surface area contributed by atoms with E-state index in [0.717, 1.165) is 11.1 Å². The van der Waals surface area contributed by atoms with Gasteiger partial charge in [0.05, 0.1) is 43.7 Å². The van der Waals surface area contributed by atoms with Gasteiger partial charge in [-0.3, -0.25) is 4.79 Å². The highest BCUT2D eigenvalue weighted by molar-refractivity contribution is 5.92. The molecule has 10 heteroatoms. The van der Waals surface area contributed by atoms with Crippen LogP contribution in [0.3, 0.4) is 0 Å². The highest BCUT2D eigenvalue weighted by Crippen LogP contribution is 2.73. The molecule has 236 valence electrons. The topological polar surface area (TPSA) is 138 Å². The molecule has 0 amide bonds. The number of carbonyl (C=O) groups excluding carboxylic acids is 3. The van der Waals surface area contributed by atoms with Crippen molar-refractivity contribution in [1.82, 2.24) is 0 Å². The minimum atomic E-state index is -1.28. The molecule has 2 saturated heterocycles. The SMILES string of the molecule is COC(=O)CC1C2(C)C3=C(C)C(C4=CC(O)OC4=O)CC3OC2C2OCC3(C)C(O)CC(OC(=O)c4ccccc4)C1(C)C23. The van der Waals surface area contributed by atoms with E-state index in [9.17, 15) is 24.6 Å². The van der Waals surface area contributed by atoms with Crippen LogP contribution in [-0.4, -0.2) is 78.6 Å². The van der Waals surface area contributed by atoms with Crippen LogP contribution in [0.5, 0.6) is 0 Å². The van der Waals surface area contributed by atoms with E-state index < -0.39 is 70.8 Å². The van der Waals surface area contributed by atoms with Gasteiger partial charge in [0.2, 0.25) is 6.29 Å². The summed E-state index contributed by atoms with van der Waals surface area (Å²) in [6.07, 6.45) is -1.87. The summed E-state index contributed by atoms with van der Waals surface area (Å²) in [4.78, 5) is 39.5. The molecule has 4 fully saturated rings. The van der Waals surface area contributed by atoms with E-state index in [-0.39, 0.29) is 30.8 Å². The van der Waals surface area contributed by atoms with Crippen molar-refractivity contribution in [3.05, 3.63) is 58.7 Å². The van der Waals surface area contributed by atoms with Crippen LogP contribution < -0.4 is 0 Å². The summed E-state index contributed by atoms with van der Waals surface area (Å²) in [5, 5.41) is 21.6. The summed E-state index contributed by atoms with van der Waals surface area (Å²) in [7, 11) is 1.37. The number of benzene rings is 1. The van der Waals surface area contributed by atoms with Gasteiger partial charge < -0.3 is 33.9 Å². The first-order valence-electron chi connectivity index (χ1n) is 15.5. The molecule has 44 heavy (non-hydrogen) atoms. The second-order valence-electron chi connectivity index (χ2n) is 14.1. The molecule has 1 aromatic rings. The molecular weight excluding hydrogens is 568 g/mol. The minimum Gasteiger partial charge on any atom is -0.469 e. The van der Waals surface area contributed by atoms with Gasteiger partial charge in [0.15, 0.2) is 0 Å². The molecule has 12 atom stereocenters. The average molecular weight is 609 g/mol. The Bertz CT molecular complexity index is 1470. The number of carbonyl (C=O) groups is 3. The third-order valence-electron chi connectivity index (χ3n) is 12.2. The van der Waals surface area contributed by atoms with Crippen LogP contribution in [0.4, 0.5) is 0 Å². The van der Waals surface area contributed by atoms with E-state index in [4.69, 9.17) is 23.7 Å². The number of cyclic esters (lactones) is 1. The fraction of sp³-hybridized carbons (Fsp3) is 0.618. The average Bonchev–Trinajstić information content (AvgIpc) is 3.71. The Balaban J connectivity index is 1.38. The summed E-state index contributed by atoms with van der Waals surface area (Å²) >= 11 is 0. The predicted molar refractivity (Wildman–Crippen MR) is 154 cm³/mol. The van der Waals surface area contributed by atoms with Gasteiger partial charge in [-0.15, -0.1) is 0 Å². The molecule has 7 rings (SSSR count). The second-order valence-corrected chi connectivity index (χ2v) is 14.1. The van der Waals surface area contributed by atoms with Gasteiger partial charge in [0.25, 0.3) is 0 Å². The second kappa shape index (κ2) is 9.97. The highest BCUT2D eigenvalue weighted by atomic mass is 16.6. The van der Waals surface area contributed by atoms with Crippen LogP contribution in [0.25, 0.3) is 0 Å². The maximum Gasteiger partial charge on any atom is 0.338 e. The van der Waals surface area contributed by atoms with Crippen LogP contribution in [0.1, 0.15) is 57.3 Å². The monoisotopic (exact) mass is 608 g/mol. The fourth-order valence-electron chi connectivity index (χ4n) is 10.3. The maximum absolute atomic E-state index is 13.5. The van der Waals surface area contributed by atoms with Crippen LogP contribution in [0, 0.1) is 34.0 Å². The summed E-state index contributed by atoms with van der Waals surface area (Å²) in [5.41, 5.74) is 0.515. The zero-order valence-corrected chi connectivity index (χ0v) is 25.6. The lowest BCUT2D eigenvalue weighted by Gasteiger charge is -2.65. The quantitative estimate of drug-likeness (QED) is 0.291. The summed E-state index contributed by atoms with van der Waals surface area (Å²) in [6, 6.07) is 8.76. The molecule has 0 spiro atoms. The van der Waals surface area contributed by atoms with Crippen molar-refractivity contribution in [2.45, 2.75) is 83.8 Å². The molecule has 2 N–H and O–H groups in total. The van der Waals surface area contributed by atoms with E-state index in [1.807, 2.05) is 19.9 Å². The standard InChI is InChI=1S/C34H40O10/c1-16-18(19-12-25(37)44-31(19)39)11-20-26(16)34(4)21(13-24(36)40-5)33(3)23(43-30(38)17-9-7-6-8-10-17)14-22(35)32(2)15-41-27(28(32)33)29(34)42-20/h6-10,12,18,20-23,25,27-29,35,37H,11,13-15H2,1-5H3. The first-order valence-corrected chi connectivity index (χ1v) is 15.5. The Hall–Kier alpha value is -3.05. The number of ether oxygens (including phenoxy) is 5. The Labute approximate surface area is 256 Å². The molecule has 12 unspecified atom stereocenters. The van der Waals surface area contributed by atoms with Crippen LogP contribution in [0.2, 0.25) is 0 Å². The van der Waals surface area contributed by atoms with E-state index in [1.165, 1.54) is 13.2 Å². The maximum atomic E-state index is 13.5. The molecule has 3 aliphatic carbocycles. The predicted octanol–water partition coefficient (Wildman–Crippen LogP) is 3.11. The Kier molecular flexibility index (Phi) is 6.72. The van der Waals surface area contributed by atoms with Crippen molar-refractivity contribution in [1.29, 1.82) is 0 Å². The van der Waals surface area contributed by atoms with Crippen molar-refractivity contribution >= 4 is 17.9 Å². The molecular formula is C34H40O10. The van der Waals surface area contributed by atoms with Crippen LogP contribution in [0.15, 0.2) is 53.1 Å². The molecule has 0 bridgehead atoms.